The molecule has 0 amide bonds. The Morgan fingerprint density at radius 3 is 2.38 bits per heavy atom. The van der Waals surface area contributed by atoms with E-state index in [1.54, 1.807) is 0 Å². The molecule has 2 rings (SSSR count). The van der Waals surface area contributed by atoms with Crippen LogP contribution in [0.3, 0.4) is 0 Å². The maximum absolute atomic E-state index is 11.9. The molecule has 0 aliphatic heterocycles. The second kappa shape index (κ2) is 5.23. The quantitative estimate of drug-likeness (QED) is 0.793. The first-order chi connectivity index (χ1) is 7.58. The zero-order valence-corrected chi connectivity index (χ0v) is 11.1. The van der Waals surface area contributed by atoms with Crippen molar-refractivity contribution in [2.45, 2.75) is 55.6 Å². The standard InChI is InChI=1S/C11H20ClNO2S/c12-10-6-5-9(7-10)8-13-16(14,15)11-3-1-2-4-11/h9-11,13H,1-8H2. The molecule has 2 aliphatic rings. The van der Waals surface area contributed by atoms with Gasteiger partial charge < -0.3 is 0 Å². The van der Waals surface area contributed by atoms with E-state index in [0.717, 1.165) is 44.9 Å². The monoisotopic (exact) mass is 265 g/mol. The van der Waals surface area contributed by atoms with Gasteiger partial charge in [0.25, 0.3) is 0 Å². The number of sulfonamides is 1. The minimum Gasteiger partial charge on any atom is -0.215 e. The van der Waals surface area contributed by atoms with Crippen LogP contribution in [0.2, 0.25) is 0 Å². The van der Waals surface area contributed by atoms with Gasteiger partial charge in [-0.1, -0.05) is 12.8 Å². The van der Waals surface area contributed by atoms with Gasteiger partial charge in [-0.15, -0.1) is 11.6 Å². The predicted molar refractivity (Wildman–Crippen MR) is 66.2 cm³/mol. The molecule has 0 radical (unpaired) electrons. The van der Waals surface area contributed by atoms with Crippen LogP contribution < -0.4 is 4.72 Å². The van der Waals surface area contributed by atoms with E-state index in [9.17, 15) is 8.42 Å². The van der Waals surface area contributed by atoms with Crippen molar-refractivity contribution < 1.29 is 8.42 Å². The first kappa shape index (κ1) is 12.7. The number of nitrogens with one attached hydrogen (secondary N) is 1. The Labute approximate surface area is 103 Å². The Kier molecular flexibility index (Phi) is 4.14. The van der Waals surface area contributed by atoms with E-state index >= 15 is 0 Å². The highest BCUT2D eigenvalue weighted by Crippen LogP contribution is 2.29. The lowest BCUT2D eigenvalue weighted by atomic mass is 10.1. The maximum atomic E-state index is 11.9. The molecule has 3 nitrogen and oxygen atoms in total. The lowest BCUT2D eigenvalue weighted by molar-refractivity contribution is 0.513. The SMILES string of the molecule is O=S(=O)(NCC1CCC(Cl)C1)C1CCCC1. The fourth-order valence-electron chi connectivity index (χ4n) is 2.75. The summed E-state index contributed by atoms with van der Waals surface area (Å²) in [5.74, 6) is 0.443. The van der Waals surface area contributed by atoms with Gasteiger partial charge in [0, 0.05) is 11.9 Å². The highest BCUT2D eigenvalue weighted by Gasteiger charge is 2.30. The zero-order valence-electron chi connectivity index (χ0n) is 9.49. The fraction of sp³-hybridized carbons (Fsp3) is 1.00. The van der Waals surface area contributed by atoms with E-state index in [1.165, 1.54) is 0 Å². The summed E-state index contributed by atoms with van der Waals surface area (Å²) >= 11 is 6.01. The smallest absolute Gasteiger partial charge is 0.214 e. The van der Waals surface area contributed by atoms with E-state index in [4.69, 9.17) is 11.6 Å². The van der Waals surface area contributed by atoms with Crippen molar-refractivity contribution in [3.63, 3.8) is 0 Å². The Balaban J connectivity index is 1.80. The second-order valence-corrected chi connectivity index (χ2v) is 7.74. The molecule has 2 unspecified atom stereocenters. The van der Waals surface area contributed by atoms with E-state index in [1.807, 2.05) is 0 Å². The van der Waals surface area contributed by atoms with Crippen LogP contribution in [0.5, 0.6) is 0 Å². The van der Waals surface area contributed by atoms with Crippen molar-refractivity contribution in [1.82, 2.24) is 4.72 Å². The Morgan fingerprint density at radius 2 is 1.81 bits per heavy atom. The van der Waals surface area contributed by atoms with Crippen LogP contribution in [0.15, 0.2) is 0 Å². The highest BCUT2D eigenvalue weighted by atomic mass is 35.5. The molecule has 0 spiro atoms. The normalized spacial score (nSPS) is 32.3. The van der Waals surface area contributed by atoms with Crippen molar-refractivity contribution in [2.24, 2.45) is 5.92 Å². The summed E-state index contributed by atoms with van der Waals surface area (Å²) in [6.07, 6.45) is 6.81. The number of hydrogen-bond acceptors (Lipinski definition) is 2. The third kappa shape index (κ3) is 3.11. The minimum atomic E-state index is -3.06. The number of halogens is 1. The van der Waals surface area contributed by atoms with Crippen molar-refractivity contribution in [3.8, 4) is 0 Å². The molecule has 2 aliphatic carbocycles. The minimum absolute atomic E-state index is 0.138. The van der Waals surface area contributed by atoms with Gasteiger partial charge in [0.1, 0.15) is 0 Å². The molecule has 2 atom stereocenters. The van der Waals surface area contributed by atoms with E-state index < -0.39 is 10.0 Å². The summed E-state index contributed by atoms with van der Waals surface area (Å²) in [5, 5.41) is 0.113. The molecule has 0 saturated heterocycles. The summed E-state index contributed by atoms with van der Waals surface area (Å²) < 4.78 is 26.6. The maximum Gasteiger partial charge on any atom is 0.214 e. The molecule has 0 aromatic carbocycles. The average molecular weight is 266 g/mol. The Morgan fingerprint density at radius 1 is 1.12 bits per heavy atom. The lowest BCUT2D eigenvalue weighted by Gasteiger charge is -2.15. The van der Waals surface area contributed by atoms with Crippen LogP contribution in [-0.4, -0.2) is 25.6 Å². The van der Waals surface area contributed by atoms with Crippen molar-refractivity contribution in [2.75, 3.05) is 6.54 Å². The van der Waals surface area contributed by atoms with Crippen molar-refractivity contribution >= 4 is 21.6 Å². The van der Waals surface area contributed by atoms with Crippen LogP contribution in [0.25, 0.3) is 0 Å². The van der Waals surface area contributed by atoms with E-state index in [2.05, 4.69) is 4.72 Å². The summed E-state index contributed by atoms with van der Waals surface area (Å²) in [6, 6.07) is 0. The van der Waals surface area contributed by atoms with Crippen LogP contribution >= 0.6 is 11.6 Å². The first-order valence-corrected chi connectivity index (χ1v) is 8.19. The molecule has 0 heterocycles. The third-order valence-corrected chi connectivity index (χ3v) is 6.11. The summed E-state index contributed by atoms with van der Waals surface area (Å²) in [6.45, 7) is 0.585. The molecule has 0 bridgehead atoms. The summed E-state index contributed by atoms with van der Waals surface area (Å²) in [4.78, 5) is 0. The summed E-state index contributed by atoms with van der Waals surface area (Å²) in [7, 11) is -3.06. The zero-order chi connectivity index (χ0) is 11.6. The van der Waals surface area contributed by atoms with E-state index in [-0.39, 0.29) is 10.6 Å². The van der Waals surface area contributed by atoms with Crippen LogP contribution in [0.1, 0.15) is 44.9 Å². The van der Waals surface area contributed by atoms with Gasteiger partial charge in [0.05, 0.1) is 5.25 Å². The van der Waals surface area contributed by atoms with Gasteiger partial charge in [-0.25, -0.2) is 13.1 Å². The molecule has 2 fully saturated rings. The van der Waals surface area contributed by atoms with Gasteiger partial charge in [-0.05, 0) is 38.0 Å². The molecule has 1 N–H and O–H groups in total. The number of hydrogen-bond donors (Lipinski definition) is 1. The Bertz CT molecular complexity index is 325. The Hall–Kier alpha value is 0.200. The summed E-state index contributed by atoms with van der Waals surface area (Å²) in [5.41, 5.74) is 0. The van der Waals surface area contributed by atoms with Crippen LogP contribution in [0.4, 0.5) is 0 Å². The largest absolute Gasteiger partial charge is 0.215 e. The van der Waals surface area contributed by atoms with Crippen LogP contribution in [0, 0.1) is 5.92 Å². The fourth-order valence-corrected chi connectivity index (χ4v) is 4.79. The average Bonchev–Trinajstić information content (AvgIpc) is 2.85. The molecule has 0 aromatic heterocycles. The predicted octanol–water partition coefficient (Wildman–Crippen LogP) is 2.26. The lowest BCUT2D eigenvalue weighted by Crippen LogP contribution is -2.35. The third-order valence-electron chi connectivity index (χ3n) is 3.79. The topological polar surface area (TPSA) is 46.2 Å². The number of alkyl halides is 1. The molecule has 16 heavy (non-hydrogen) atoms. The highest BCUT2D eigenvalue weighted by molar-refractivity contribution is 7.90. The van der Waals surface area contributed by atoms with Crippen molar-refractivity contribution in [3.05, 3.63) is 0 Å². The molecule has 94 valence electrons. The number of rotatable bonds is 4. The molecule has 2 saturated carbocycles. The van der Waals surface area contributed by atoms with Crippen molar-refractivity contribution in [1.29, 1.82) is 0 Å². The van der Waals surface area contributed by atoms with Gasteiger partial charge in [-0.3, -0.25) is 0 Å². The van der Waals surface area contributed by atoms with Gasteiger partial charge in [0.15, 0.2) is 0 Å². The van der Waals surface area contributed by atoms with Crippen LogP contribution in [-0.2, 0) is 10.0 Å². The molecule has 5 heteroatoms. The van der Waals surface area contributed by atoms with Gasteiger partial charge >= 0.3 is 0 Å². The van der Waals surface area contributed by atoms with Gasteiger partial charge in [0.2, 0.25) is 10.0 Å². The van der Waals surface area contributed by atoms with Gasteiger partial charge in [-0.2, -0.15) is 0 Å². The molecular formula is C11H20ClNO2S. The second-order valence-electron chi connectivity index (χ2n) is 5.08. The first-order valence-electron chi connectivity index (χ1n) is 6.20. The van der Waals surface area contributed by atoms with E-state index in [0.29, 0.717) is 12.5 Å². The molecule has 0 aromatic rings. The molecular weight excluding hydrogens is 246 g/mol.